The summed E-state index contributed by atoms with van der Waals surface area (Å²) in [6.07, 6.45) is 3.15. The predicted octanol–water partition coefficient (Wildman–Crippen LogP) is 0.692. The maximum atomic E-state index is 12.7. The van der Waals surface area contributed by atoms with Crippen LogP contribution in [0.4, 0.5) is 5.82 Å². The molecule has 1 aromatic heterocycles. The van der Waals surface area contributed by atoms with Crippen molar-refractivity contribution in [1.82, 2.24) is 19.8 Å². The van der Waals surface area contributed by atoms with E-state index in [-0.39, 0.29) is 17.7 Å². The lowest BCUT2D eigenvalue weighted by Crippen LogP contribution is -2.52. The highest BCUT2D eigenvalue weighted by Crippen LogP contribution is 2.21. The predicted molar refractivity (Wildman–Crippen MR) is 90.5 cm³/mol. The van der Waals surface area contributed by atoms with Crippen molar-refractivity contribution in [2.75, 3.05) is 44.2 Å². The van der Waals surface area contributed by atoms with Gasteiger partial charge in [0.15, 0.2) is 0 Å². The third-order valence-corrected chi connectivity index (χ3v) is 4.99. The van der Waals surface area contributed by atoms with Crippen molar-refractivity contribution in [3.05, 3.63) is 18.1 Å². The molecule has 2 saturated heterocycles. The Bertz CT molecular complexity index is 605. The van der Waals surface area contributed by atoms with E-state index in [0.717, 1.165) is 50.5 Å². The number of nitrogens with zero attached hydrogens (tertiary/aromatic N) is 5. The maximum Gasteiger partial charge on any atom is 0.225 e. The summed E-state index contributed by atoms with van der Waals surface area (Å²) in [5.74, 6) is 1.35. The van der Waals surface area contributed by atoms with Crippen molar-refractivity contribution in [3.8, 4) is 0 Å². The Labute approximate surface area is 142 Å². The van der Waals surface area contributed by atoms with Crippen molar-refractivity contribution in [1.29, 1.82) is 0 Å². The summed E-state index contributed by atoms with van der Waals surface area (Å²) in [7, 11) is 0. The van der Waals surface area contributed by atoms with Gasteiger partial charge in [-0.1, -0.05) is 0 Å². The van der Waals surface area contributed by atoms with Gasteiger partial charge in [0.2, 0.25) is 11.8 Å². The van der Waals surface area contributed by atoms with Gasteiger partial charge in [0.25, 0.3) is 0 Å². The Morgan fingerprint density at radius 3 is 2.25 bits per heavy atom. The molecule has 2 amide bonds. The van der Waals surface area contributed by atoms with Gasteiger partial charge in [-0.05, 0) is 19.8 Å². The van der Waals surface area contributed by atoms with Crippen LogP contribution in [0.15, 0.2) is 12.4 Å². The van der Waals surface area contributed by atoms with E-state index in [1.165, 1.54) is 0 Å². The Morgan fingerprint density at radius 2 is 1.67 bits per heavy atom. The van der Waals surface area contributed by atoms with Gasteiger partial charge >= 0.3 is 0 Å². The van der Waals surface area contributed by atoms with E-state index in [1.54, 1.807) is 13.3 Å². The molecular weight excluding hydrogens is 306 g/mol. The van der Waals surface area contributed by atoms with Crippen molar-refractivity contribution < 1.29 is 9.59 Å². The summed E-state index contributed by atoms with van der Waals surface area (Å²) < 4.78 is 0. The number of amides is 2. The highest BCUT2D eigenvalue weighted by molar-refractivity contribution is 5.80. The quantitative estimate of drug-likeness (QED) is 0.797. The molecule has 3 heterocycles. The summed E-state index contributed by atoms with van der Waals surface area (Å²) in [5.41, 5.74) is 0.954. The Kier molecular flexibility index (Phi) is 4.97. The zero-order valence-corrected chi connectivity index (χ0v) is 14.4. The van der Waals surface area contributed by atoms with E-state index in [9.17, 15) is 9.59 Å². The molecule has 1 aromatic rings. The first-order chi connectivity index (χ1) is 11.5. The number of rotatable bonds is 2. The minimum atomic E-state index is 0.0634. The molecule has 24 heavy (non-hydrogen) atoms. The van der Waals surface area contributed by atoms with Crippen molar-refractivity contribution in [2.45, 2.75) is 26.7 Å². The molecule has 7 heteroatoms. The Morgan fingerprint density at radius 1 is 1.00 bits per heavy atom. The van der Waals surface area contributed by atoms with Crippen LogP contribution in [0.25, 0.3) is 0 Å². The molecule has 0 unspecified atom stereocenters. The Hall–Kier alpha value is -2.18. The first-order valence-electron chi connectivity index (χ1n) is 8.62. The minimum absolute atomic E-state index is 0.0634. The number of carbonyl (C=O) groups is 2. The summed E-state index contributed by atoms with van der Waals surface area (Å²) in [4.78, 5) is 38.5. The number of aryl methyl sites for hydroxylation is 1. The van der Waals surface area contributed by atoms with Gasteiger partial charge < -0.3 is 14.7 Å². The fourth-order valence-electron chi connectivity index (χ4n) is 3.47. The van der Waals surface area contributed by atoms with Crippen LogP contribution in [0.3, 0.4) is 0 Å². The van der Waals surface area contributed by atoms with Gasteiger partial charge in [0.1, 0.15) is 12.1 Å². The third kappa shape index (κ3) is 3.66. The van der Waals surface area contributed by atoms with Crippen LogP contribution in [0.2, 0.25) is 0 Å². The van der Waals surface area contributed by atoms with E-state index >= 15 is 0 Å². The number of piperazine rings is 1. The van der Waals surface area contributed by atoms with Gasteiger partial charge in [0.05, 0.1) is 0 Å². The molecule has 0 aliphatic carbocycles. The molecule has 0 saturated carbocycles. The van der Waals surface area contributed by atoms with Crippen LogP contribution in [-0.4, -0.2) is 70.9 Å². The van der Waals surface area contributed by atoms with Crippen LogP contribution in [0.1, 0.15) is 25.5 Å². The normalized spacial score (nSPS) is 19.5. The maximum absolute atomic E-state index is 12.7. The van der Waals surface area contributed by atoms with Crippen LogP contribution in [0, 0.1) is 12.8 Å². The fraction of sp³-hybridized carbons (Fsp3) is 0.647. The molecule has 2 fully saturated rings. The van der Waals surface area contributed by atoms with Crippen LogP contribution < -0.4 is 4.90 Å². The SMILES string of the molecule is CC(=O)N1CCC(C(=O)N2CCN(c3cc(C)ncn3)CC2)CC1. The lowest BCUT2D eigenvalue weighted by atomic mass is 9.95. The molecule has 0 spiro atoms. The molecule has 0 N–H and O–H groups in total. The lowest BCUT2D eigenvalue weighted by Gasteiger charge is -2.38. The largest absolute Gasteiger partial charge is 0.353 e. The smallest absolute Gasteiger partial charge is 0.225 e. The summed E-state index contributed by atoms with van der Waals surface area (Å²) in [6, 6.07) is 1.98. The molecular formula is C17H25N5O2. The zero-order chi connectivity index (χ0) is 17.1. The summed E-state index contributed by atoms with van der Waals surface area (Å²) >= 11 is 0. The number of anilines is 1. The molecule has 2 aliphatic heterocycles. The molecule has 0 atom stereocenters. The molecule has 7 nitrogen and oxygen atoms in total. The monoisotopic (exact) mass is 331 g/mol. The number of carbonyl (C=O) groups excluding carboxylic acids is 2. The highest BCUT2D eigenvalue weighted by atomic mass is 16.2. The van der Waals surface area contributed by atoms with Gasteiger partial charge in [0, 0.05) is 63.9 Å². The van der Waals surface area contributed by atoms with Crippen molar-refractivity contribution >= 4 is 17.6 Å². The van der Waals surface area contributed by atoms with E-state index in [0.29, 0.717) is 13.1 Å². The van der Waals surface area contributed by atoms with E-state index in [4.69, 9.17) is 0 Å². The molecule has 0 bridgehead atoms. The number of hydrogen-bond donors (Lipinski definition) is 0. The van der Waals surface area contributed by atoms with Gasteiger partial charge in [-0.3, -0.25) is 9.59 Å². The molecule has 130 valence electrons. The van der Waals surface area contributed by atoms with E-state index in [1.807, 2.05) is 22.8 Å². The molecule has 0 radical (unpaired) electrons. The average molecular weight is 331 g/mol. The van der Waals surface area contributed by atoms with Crippen molar-refractivity contribution in [3.63, 3.8) is 0 Å². The Balaban J connectivity index is 1.51. The zero-order valence-electron chi connectivity index (χ0n) is 14.4. The topological polar surface area (TPSA) is 69.6 Å². The van der Waals surface area contributed by atoms with Gasteiger partial charge in [-0.15, -0.1) is 0 Å². The average Bonchev–Trinajstić information content (AvgIpc) is 2.61. The highest BCUT2D eigenvalue weighted by Gasteiger charge is 2.31. The molecule has 0 aromatic carbocycles. The van der Waals surface area contributed by atoms with Crippen LogP contribution >= 0.6 is 0 Å². The minimum Gasteiger partial charge on any atom is -0.353 e. The second-order valence-corrected chi connectivity index (χ2v) is 6.61. The molecule has 2 aliphatic rings. The summed E-state index contributed by atoms with van der Waals surface area (Å²) in [6.45, 7) is 8.01. The van der Waals surface area contributed by atoms with Crippen LogP contribution in [0.5, 0.6) is 0 Å². The lowest BCUT2D eigenvalue weighted by molar-refractivity contribution is -0.140. The van der Waals surface area contributed by atoms with Crippen LogP contribution in [-0.2, 0) is 9.59 Å². The number of piperidine rings is 1. The number of hydrogen-bond acceptors (Lipinski definition) is 5. The van der Waals surface area contributed by atoms with Crippen molar-refractivity contribution in [2.24, 2.45) is 5.92 Å². The van der Waals surface area contributed by atoms with E-state index in [2.05, 4.69) is 14.9 Å². The van der Waals surface area contributed by atoms with Gasteiger partial charge in [-0.2, -0.15) is 0 Å². The van der Waals surface area contributed by atoms with Gasteiger partial charge in [-0.25, -0.2) is 9.97 Å². The fourth-order valence-corrected chi connectivity index (χ4v) is 3.47. The first-order valence-corrected chi connectivity index (χ1v) is 8.62. The van der Waals surface area contributed by atoms with E-state index < -0.39 is 0 Å². The third-order valence-electron chi connectivity index (χ3n) is 4.99. The second kappa shape index (κ2) is 7.15. The standard InChI is InChI=1S/C17H25N5O2/c1-13-11-16(19-12-18-13)21-7-9-22(10-8-21)17(24)15-3-5-20(6-4-15)14(2)23/h11-12,15H,3-10H2,1-2H3. The summed E-state index contributed by atoms with van der Waals surface area (Å²) in [5, 5.41) is 0. The number of likely N-dealkylation sites (tertiary alicyclic amines) is 1. The molecule has 3 rings (SSSR count). The second-order valence-electron chi connectivity index (χ2n) is 6.61. The first kappa shape index (κ1) is 16.7. The number of aromatic nitrogens is 2.